The van der Waals surface area contributed by atoms with Crippen molar-refractivity contribution >= 4 is 25.5 Å². The Morgan fingerprint density at radius 2 is 1.24 bits per heavy atom. The van der Waals surface area contributed by atoms with E-state index in [1.165, 1.54) is 96.3 Å². The summed E-state index contributed by atoms with van der Waals surface area (Å²) in [6.45, 7) is 3.38. The van der Waals surface area contributed by atoms with Gasteiger partial charge in [0, 0.05) is 37.6 Å². The van der Waals surface area contributed by atoms with Crippen molar-refractivity contribution < 1.29 is 52.6 Å². The lowest BCUT2D eigenvalue weighted by molar-refractivity contribution is -0.161. The monoisotopic (exact) mass is 900 g/mol. The summed E-state index contributed by atoms with van der Waals surface area (Å²) in [6, 6.07) is 0. The molecule has 0 bridgehead atoms. The van der Waals surface area contributed by atoms with Crippen LogP contribution in [0.1, 0.15) is 213 Å². The lowest BCUT2D eigenvalue weighted by Gasteiger charge is -2.20. The quantitative estimate of drug-likeness (QED) is 0.0196. The van der Waals surface area contributed by atoms with Crippen LogP contribution in [0.25, 0.3) is 0 Å². The van der Waals surface area contributed by atoms with E-state index in [2.05, 4.69) is 26.0 Å². The third kappa shape index (κ3) is 32.7. The SMILES string of the molecule is CCCCCCCC/C=C\CCCCCCCCCCCCCC(=O)O[C@H](COC(=O)CCCCCC[C@H]1C(=O)C[C@@H](O)[C@@H]1/C=C/[C@@H](O)CCCCC)COP(=O)(O)OCCN. The van der Waals surface area contributed by atoms with Crippen molar-refractivity contribution in [1.29, 1.82) is 0 Å². The number of unbranched alkanes of at least 4 members (excludes halogenated alkanes) is 22. The number of Topliss-reactive ketones (excluding diaryl/α,β-unsaturated/α-hetero) is 1. The van der Waals surface area contributed by atoms with Gasteiger partial charge in [0.2, 0.25) is 0 Å². The highest BCUT2D eigenvalue weighted by molar-refractivity contribution is 7.47. The van der Waals surface area contributed by atoms with Gasteiger partial charge in [0.1, 0.15) is 12.4 Å². The first kappa shape index (κ1) is 58.1. The molecule has 0 amide bonds. The maximum atomic E-state index is 12.7. The van der Waals surface area contributed by atoms with Gasteiger partial charge in [-0.1, -0.05) is 167 Å². The van der Waals surface area contributed by atoms with E-state index in [4.69, 9.17) is 24.3 Å². The van der Waals surface area contributed by atoms with Crippen LogP contribution in [0, 0.1) is 11.8 Å². The molecule has 0 spiro atoms. The number of carbonyl (C=O) groups excluding carboxylic acids is 3. The average molecular weight is 900 g/mol. The normalized spacial score (nSPS) is 18.7. The third-order valence-corrected chi connectivity index (χ3v) is 12.7. The van der Waals surface area contributed by atoms with Crippen molar-refractivity contribution in [2.24, 2.45) is 17.6 Å². The lowest BCUT2D eigenvalue weighted by Crippen LogP contribution is -2.29. The van der Waals surface area contributed by atoms with Crippen molar-refractivity contribution in [1.82, 2.24) is 0 Å². The zero-order valence-corrected chi connectivity index (χ0v) is 40.0. The third-order valence-electron chi connectivity index (χ3n) is 11.7. The van der Waals surface area contributed by atoms with Crippen molar-refractivity contribution in [3.8, 4) is 0 Å². The van der Waals surface area contributed by atoms with Crippen LogP contribution in [0.4, 0.5) is 0 Å². The van der Waals surface area contributed by atoms with E-state index < -0.39 is 44.7 Å². The van der Waals surface area contributed by atoms with Gasteiger partial charge in [0.15, 0.2) is 6.10 Å². The topological polar surface area (TPSA) is 192 Å². The molecule has 0 saturated heterocycles. The molecule has 12 nitrogen and oxygen atoms in total. The number of rotatable bonds is 43. The second kappa shape index (κ2) is 39.4. The summed E-state index contributed by atoms with van der Waals surface area (Å²) in [5.74, 6) is -1.50. The summed E-state index contributed by atoms with van der Waals surface area (Å²) >= 11 is 0. The highest BCUT2D eigenvalue weighted by Gasteiger charge is 2.39. The number of phosphoric acid groups is 1. The highest BCUT2D eigenvalue weighted by Crippen LogP contribution is 2.43. The second-order valence-electron chi connectivity index (χ2n) is 17.5. The highest BCUT2D eigenvalue weighted by atomic mass is 31.2. The Balaban J connectivity index is 2.28. The lowest BCUT2D eigenvalue weighted by atomic mass is 9.88. The first-order chi connectivity index (χ1) is 30.0. The Kier molecular flexibility index (Phi) is 37.0. The molecule has 1 aliphatic rings. The number of esters is 2. The van der Waals surface area contributed by atoms with E-state index in [0.29, 0.717) is 25.7 Å². The Morgan fingerprint density at radius 3 is 1.82 bits per heavy atom. The number of carbonyl (C=O) groups is 3. The number of hydrogen-bond acceptors (Lipinski definition) is 11. The number of ketones is 1. The fraction of sp³-hybridized carbons (Fsp3) is 0.857. The molecule has 0 heterocycles. The number of hydrogen-bond donors (Lipinski definition) is 4. The minimum Gasteiger partial charge on any atom is -0.462 e. The first-order valence-corrected chi connectivity index (χ1v) is 26.4. The van der Waals surface area contributed by atoms with Gasteiger partial charge in [-0.15, -0.1) is 0 Å². The molecule has 62 heavy (non-hydrogen) atoms. The van der Waals surface area contributed by atoms with Crippen LogP contribution in [0.3, 0.4) is 0 Å². The summed E-state index contributed by atoms with van der Waals surface area (Å²) in [4.78, 5) is 47.8. The van der Waals surface area contributed by atoms with Gasteiger partial charge in [0.25, 0.3) is 0 Å². The molecule has 0 aromatic carbocycles. The minimum atomic E-state index is -4.44. The van der Waals surface area contributed by atoms with Crippen molar-refractivity contribution in [3.05, 3.63) is 24.3 Å². The first-order valence-electron chi connectivity index (χ1n) is 24.9. The van der Waals surface area contributed by atoms with Gasteiger partial charge in [-0.25, -0.2) is 4.57 Å². The van der Waals surface area contributed by atoms with Gasteiger partial charge < -0.3 is 30.3 Å². The van der Waals surface area contributed by atoms with Crippen molar-refractivity contribution in [2.75, 3.05) is 26.4 Å². The van der Waals surface area contributed by atoms with Crippen LogP contribution in [0.5, 0.6) is 0 Å². The summed E-state index contributed by atoms with van der Waals surface area (Å²) in [5, 5.41) is 20.7. The van der Waals surface area contributed by atoms with E-state index in [1.807, 2.05) is 6.08 Å². The predicted molar refractivity (Wildman–Crippen MR) is 248 cm³/mol. The molecule has 0 aromatic heterocycles. The fourth-order valence-electron chi connectivity index (χ4n) is 7.94. The zero-order chi connectivity index (χ0) is 45.5. The predicted octanol–water partition coefficient (Wildman–Crippen LogP) is 11.3. The van der Waals surface area contributed by atoms with E-state index in [-0.39, 0.29) is 56.6 Å². The van der Waals surface area contributed by atoms with Crippen LogP contribution in [-0.4, -0.2) is 77.5 Å². The number of allylic oxidation sites excluding steroid dienone is 2. The fourth-order valence-corrected chi connectivity index (χ4v) is 8.70. The van der Waals surface area contributed by atoms with Crippen LogP contribution in [0.2, 0.25) is 0 Å². The molecule has 1 saturated carbocycles. The molecule has 362 valence electrons. The molecule has 1 aliphatic carbocycles. The van der Waals surface area contributed by atoms with E-state index >= 15 is 0 Å². The van der Waals surface area contributed by atoms with Gasteiger partial charge >= 0.3 is 19.8 Å². The molecule has 1 unspecified atom stereocenters. The maximum absolute atomic E-state index is 12.7. The maximum Gasteiger partial charge on any atom is 0.472 e. The largest absolute Gasteiger partial charge is 0.472 e. The summed E-state index contributed by atoms with van der Waals surface area (Å²) in [7, 11) is -4.44. The standard InChI is InChI=1S/C49H90NO11P/c1-3-5-7-8-9-10-11-12-13-14-15-16-17-18-19-20-21-22-23-24-30-34-49(55)61-43(41-60-62(56,57)59-38-37-50)40-58-48(54)33-29-26-25-28-32-44-45(47(53)39-46(44)52)36-35-42(51)31-27-6-4-2/h12-13,35-36,42-45,47,51,53H,3-11,14-34,37-41,50H2,1-2H3,(H,56,57)/b13-12-,36-35+/t42-,43+,44+,45+,47+/m0/s1. The minimum absolute atomic E-state index is 0.0194. The van der Waals surface area contributed by atoms with Crippen LogP contribution < -0.4 is 5.73 Å². The molecule has 0 aromatic rings. The van der Waals surface area contributed by atoms with Gasteiger partial charge in [-0.2, -0.15) is 0 Å². The van der Waals surface area contributed by atoms with Crippen molar-refractivity contribution in [2.45, 2.75) is 231 Å². The molecular formula is C49H90NO11P. The molecule has 1 fully saturated rings. The Labute approximate surface area is 376 Å². The number of aliphatic hydroxyl groups is 2. The van der Waals surface area contributed by atoms with Crippen LogP contribution >= 0.6 is 7.82 Å². The number of aliphatic hydroxyl groups excluding tert-OH is 2. The number of ether oxygens (including phenoxy) is 2. The molecule has 5 N–H and O–H groups in total. The van der Waals surface area contributed by atoms with Gasteiger partial charge in [0.05, 0.1) is 25.4 Å². The summed E-state index contributed by atoms with van der Waals surface area (Å²) in [5.41, 5.74) is 5.36. The Hall–Kier alpha value is -1.92. The second-order valence-corrected chi connectivity index (χ2v) is 18.9. The number of phosphoric ester groups is 1. The Morgan fingerprint density at radius 1 is 0.726 bits per heavy atom. The van der Waals surface area contributed by atoms with Gasteiger partial charge in [-0.3, -0.25) is 23.4 Å². The van der Waals surface area contributed by atoms with Crippen molar-refractivity contribution in [3.63, 3.8) is 0 Å². The van der Waals surface area contributed by atoms with E-state index in [9.17, 15) is 34.1 Å². The summed E-state index contributed by atoms with van der Waals surface area (Å²) in [6.07, 6.45) is 36.8. The molecule has 0 aliphatic heterocycles. The summed E-state index contributed by atoms with van der Waals surface area (Å²) < 4.78 is 32.9. The van der Waals surface area contributed by atoms with E-state index in [1.54, 1.807) is 6.08 Å². The number of nitrogens with two attached hydrogens (primary N) is 1. The van der Waals surface area contributed by atoms with Crippen LogP contribution in [-0.2, 0) is 37.5 Å². The zero-order valence-electron chi connectivity index (χ0n) is 39.1. The molecule has 13 heteroatoms. The molecule has 6 atom stereocenters. The average Bonchev–Trinajstić information content (AvgIpc) is 3.52. The molecular weight excluding hydrogens is 810 g/mol. The van der Waals surface area contributed by atoms with Gasteiger partial charge in [-0.05, 0) is 51.4 Å². The smallest absolute Gasteiger partial charge is 0.462 e. The molecule has 0 radical (unpaired) electrons. The molecule has 1 rings (SSSR count). The van der Waals surface area contributed by atoms with E-state index in [0.717, 1.165) is 57.8 Å². The Bertz CT molecular complexity index is 1230. The van der Waals surface area contributed by atoms with Crippen LogP contribution in [0.15, 0.2) is 24.3 Å².